The predicted molar refractivity (Wildman–Crippen MR) is 46.4 cm³/mol. The summed E-state index contributed by atoms with van der Waals surface area (Å²) < 4.78 is 24.8. The molecule has 0 aromatic heterocycles. The zero-order valence-electron chi connectivity index (χ0n) is 5.77. The van der Waals surface area contributed by atoms with E-state index in [2.05, 4.69) is 5.43 Å². The molecule has 68 valence electrons. The molecule has 12 heavy (non-hydrogen) atoms. The number of nitrogens with two attached hydrogens (primary N) is 1. The van der Waals surface area contributed by atoms with Gasteiger partial charge in [-0.1, -0.05) is 11.6 Å². The number of nitrogen functional groups attached to an aromatic ring is 1. The van der Waals surface area contributed by atoms with Crippen molar-refractivity contribution in [1.82, 2.24) is 0 Å². The number of halogens is 4. The van der Waals surface area contributed by atoms with Crippen LogP contribution in [0.2, 0.25) is 5.02 Å². The van der Waals surface area contributed by atoms with Gasteiger partial charge in [-0.25, -0.2) is 8.78 Å². The van der Waals surface area contributed by atoms with Crippen molar-refractivity contribution in [3.63, 3.8) is 0 Å². The van der Waals surface area contributed by atoms with Gasteiger partial charge in [0.2, 0.25) is 0 Å². The van der Waals surface area contributed by atoms with Gasteiger partial charge in [-0.05, 0) is 6.07 Å². The highest BCUT2D eigenvalue weighted by Crippen LogP contribution is 2.23. The molecule has 0 unspecified atom stereocenters. The van der Waals surface area contributed by atoms with E-state index in [-0.39, 0.29) is 23.1 Å². The number of hydrazine groups is 1. The second-order valence-corrected chi connectivity index (χ2v) is 2.30. The van der Waals surface area contributed by atoms with Crippen molar-refractivity contribution in [2.75, 3.05) is 5.43 Å². The minimum atomic E-state index is -0.992. The lowest BCUT2D eigenvalue weighted by Crippen LogP contribution is -2.07. The van der Waals surface area contributed by atoms with Gasteiger partial charge in [0.15, 0.2) is 11.6 Å². The molecule has 0 atom stereocenters. The van der Waals surface area contributed by atoms with Crippen LogP contribution in [0.25, 0.3) is 0 Å². The molecule has 1 rings (SSSR count). The first-order valence-electron chi connectivity index (χ1n) is 2.76. The molecule has 3 N–H and O–H groups in total. The third-order valence-corrected chi connectivity index (χ3v) is 1.48. The fraction of sp³-hybridized carbons (Fsp3) is 0. The first-order chi connectivity index (χ1) is 5.15. The molecule has 0 aliphatic heterocycles. The van der Waals surface area contributed by atoms with Crippen molar-refractivity contribution in [3.8, 4) is 0 Å². The molecule has 6 heteroatoms. The Kier molecular flexibility index (Phi) is 4.23. The smallest absolute Gasteiger partial charge is 0.161 e. The number of hydrogen-bond acceptors (Lipinski definition) is 2. The molecule has 1 aromatic carbocycles. The molecule has 0 amide bonds. The maximum absolute atomic E-state index is 12.4. The van der Waals surface area contributed by atoms with Crippen molar-refractivity contribution in [2.24, 2.45) is 5.84 Å². The van der Waals surface area contributed by atoms with Crippen LogP contribution in [-0.2, 0) is 0 Å². The van der Waals surface area contributed by atoms with E-state index in [9.17, 15) is 8.78 Å². The summed E-state index contributed by atoms with van der Waals surface area (Å²) >= 11 is 5.45. The van der Waals surface area contributed by atoms with Crippen LogP contribution in [0.3, 0.4) is 0 Å². The molecule has 0 fully saturated rings. The van der Waals surface area contributed by atoms with Gasteiger partial charge in [-0.2, -0.15) is 0 Å². The van der Waals surface area contributed by atoms with E-state index in [4.69, 9.17) is 17.4 Å². The van der Waals surface area contributed by atoms with Crippen molar-refractivity contribution in [3.05, 3.63) is 28.8 Å². The SMILES string of the molecule is Cl.NNc1cc(F)c(F)cc1Cl. The van der Waals surface area contributed by atoms with Crippen LogP contribution in [0.1, 0.15) is 0 Å². The van der Waals surface area contributed by atoms with Crippen molar-refractivity contribution >= 4 is 29.7 Å². The molecular formula is C6H6Cl2F2N2. The van der Waals surface area contributed by atoms with E-state index in [1.165, 1.54) is 0 Å². The third kappa shape index (κ3) is 2.20. The summed E-state index contributed by atoms with van der Waals surface area (Å²) in [5.74, 6) is 2.97. The average Bonchev–Trinajstić information content (AvgIpc) is 1.97. The number of benzene rings is 1. The molecule has 2 nitrogen and oxygen atoms in total. The lowest BCUT2D eigenvalue weighted by Gasteiger charge is -2.02. The summed E-state index contributed by atoms with van der Waals surface area (Å²) in [4.78, 5) is 0. The molecular weight excluding hydrogens is 209 g/mol. The molecule has 0 aliphatic carbocycles. The fourth-order valence-corrected chi connectivity index (χ4v) is 0.838. The van der Waals surface area contributed by atoms with E-state index >= 15 is 0 Å². The average molecular weight is 215 g/mol. The van der Waals surface area contributed by atoms with Gasteiger partial charge in [0.25, 0.3) is 0 Å². The Morgan fingerprint density at radius 3 is 2.25 bits per heavy atom. The Labute approximate surface area is 79.1 Å². The zero-order valence-corrected chi connectivity index (χ0v) is 7.35. The van der Waals surface area contributed by atoms with Crippen molar-refractivity contribution < 1.29 is 8.78 Å². The number of anilines is 1. The lowest BCUT2D eigenvalue weighted by atomic mass is 10.3. The summed E-state index contributed by atoms with van der Waals surface area (Å²) in [6, 6.07) is 1.74. The molecule has 0 saturated carbocycles. The molecule has 0 saturated heterocycles. The Hall–Kier alpha value is -0.580. The number of nitrogens with one attached hydrogen (secondary N) is 1. The first-order valence-corrected chi connectivity index (χ1v) is 3.14. The molecule has 0 aliphatic rings. The van der Waals surface area contributed by atoms with E-state index < -0.39 is 11.6 Å². The van der Waals surface area contributed by atoms with Gasteiger partial charge < -0.3 is 5.43 Å². The van der Waals surface area contributed by atoms with Gasteiger partial charge in [-0.15, -0.1) is 12.4 Å². The second kappa shape index (κ2) is 4.45. The minimum Gasteiger partial charge on any atom is -0.323 e. The van der Waals surface area contributed by atoms with E-state index in [1.807, 2.05) is 0 Å². The van der Waals surface area contributed by atoms with Gasteiger partial charge in [0, 0.05) is 6.07 Å². The lowest BCUT2D eigenvalue weighted by molar-refractivity contribution is 0.509. The highest BCUT2D eigenvalue weighted by molar-refractivity contribution is 6.33. The Bertz CT molecular complexity index is 280. The Morgan fingerprint density at radius 1 is 1.25 bits per heavy atom. The summed E-state index contributed by atoms with van der Waals surface area (Å²) in [5, 5.41) is 0.0476. The van der Waals surface area contributed by atoms with Gasteiger partial charge in [-0.3, -0.25) is 5.84 Å². The Balaban J connectivity index is 0.00000121. The van der Waals surface area contributed by atoms with Crippen LogP contribution in [0.5, 0.6) is 0 Å². The van der Waals surface area contributed by atoms with Crippen LogP contribution in [0, 0.1) is 11.6 Å². The van der Waals surface area contributed by atoms with Gasteiger partial charge in [0.1, 0.15) is 0 Å². The van der Waals surface area contributed by atoms with Crippen LogP contribution in [0.4, 0.5) is 14.5 Å². The Morgan fingerprint density at radius 2 is 1.75 bits per heavy atom. The van der Waals surface area contributed by atoms with Crippen molar-refractivity contribution in [2.45, 2.75) is 0 Å². The van der Waals surface area contributed by atoms with Crippen LogP contribution >= 0.6 is 24.0 Å². The molecule has 0 spiro atoms. The van der Waals surface area contributed by atoms with E-state index in [1.54, 1.807) is 0 Å². The zero-order chi connectivity index (χ0) is 8.43. The fourth-order valence-electron chi connectivity index (χ4n) is 0.633. The molecule has 0 heterocycles. The van der Waals surface area contributed by atoms with Gasteiger partial charge >= 0.3 is 0 Å². The van der Waals surface area contributed by atoms with E-state index in [0.29, 0.717) is 0 Å². The molecule has 1 aromatic rings. The topological polar surface area (TPSA) is 38.0 Å². The molecule has 0 radical (unpaired) electrons. The van der Waals surface area contributed by atoms with Crippen molar-refractivity contribution in [1.29, 1.82) is 0 Å². The molecule has 0 bridgehead atoms. The quantitative estimate of drug-likeness (QED) is 0.428. The highest BCUT2D eigenvalue weighted by Gasteiger charge is 2.06. The normalized spacial score (nSPS) is 9.00. The van der Waals surface area contributed by atoms with Crippen LogP contribution in [0.15, 0.2) is 12.1 Å². The number of rotatable bonds is 1. The number of hydrogen-bond donors (Lipinski definition) is 2. The summed E-state index contributed by atoms with van der Waals surface area (Å²) in [7, 11) is 0. The maximum atomic E-state index is 12.4. The summed E-state index contributed by atoms with van der Waals surface area (Å²) in [5.41, 5.74) is 2.28. The second-order valence-electron chi connectivity index (χ2n) is 1.89. The largest absolute Gasteiger partial charge is 0.323 e. The minimum absolute atomic E-state index is 0. The first kappa shape index (κ1) is 11.4. The van der Waals surface area contributed by atoms with Crippen LogP contribution < -0.4 is 11.3 Å². The maximum Gasteiger partial charge on any atom is 0.161 e. The van der Waals surface area contributed by atoms with Crippen LogP contribution in [-0.4, -0.2) is 0 Å². The summed E-state index contributed by atoms with van der Waals surface area (Å²) in [6.45, 7) is 0. The van der Waals surface area contributed by atoms with E-state index in [0.717, 1.165) is 12.1 Å². The summed E-state index contributed by atoms with van der Waals surface area (Å²) in [6.07, 6.45) is 0. The third-order valence-electron chi connectivity index (χ3n) is 1.17. The van der Waals surface area contributed by atoms with Gasteiger partial charge in [0.05, 0.1) is 10.7 Å². The highest BCUT2D eigenvalue weighted by atomic mass is 35.5. The predicted octanol–water partition coefficient (Wildman–Crippen LogP) is 2.33. The monoisotopic (exact) mass is 214 g/mol. The standard InChI is InChI=1S/C6H5ClF2N2.ClH/c7-3-1-4(8)5(9)2-6(3)11-10;/h1-2,11H,10H2;1H.